The average Bonchev–Trinajstić information content (AvgIpc) is 2.17. The maximum absolute atomic E-state index is 5.84. The number of aromatic nitrogens is 2. The van der Waals surface area contributed by atoms with Crippen molar-refractivity contribution < 1.29 is 0 Å². The molecule has 0 amide bonds. The average molecular weight is 226 g/mol. The minimum Gasteiger partial charge on any atom is -0.384 e. The first-order valence-electron chi connectivity index (χ1n) is 5.53. The molecule has 82 valence electrons. The summed E-state index contributed by atoms with van der Waals surface area (Å²) in [6.45, 7) is 0. The second kappa shape index (κ2) is 4.79. The van der Waals surface area contributed by atoms with Gasteiger partial charge in [0.05, 0.1) is 0 Å². The Kier molecular flexibility index (Phi) is 3.41. The second-order valence-corrected chi connectivity index (χ2v) is 4.63. The lowest BCUT2D eigenvalue weighted by molar-refractivity contribution is 0.351. The number of halogens is 1. The van der Waals surface area contributed by atoms with E-state index in [-0.39, 0.29) is 0 Å². The standard InChI is InChI=1S/C11H16ClN3/c12-9-7-10(13)15-11(14-9)6-8-4-2-1-3-5-8/h7-8H,1-6H2,(H2,13,14,15). The number of hydrogen-bond donors (Lipinski definition) is 1. The van der Waals surface area contributed by atoms with Gasteiger partial charge in [-0.1, -0.05) is 43.7 Å². The van der Waals surface area contributed by atoms with E-state index in [1.807, 2.05) is 0 Å². The molecule has 0 unspecified atom stereocenters. The van der Waals surface area contributed by atoms with E-state index < -0.39 is 0 Å². The van der Waals surface area contributed by atoms with Gasteiger partial charge in [0.25, 0.3) is 0 Å². The highest BCUT2D eigenvalue weighted by Gasteiger charge is 2.15. The lowest BCUT2D eigenvalue weighted by Gasteiger charge is -2.20. The molecular formula is C11H16ClN3. The second-order valence-electron chi connectivity index (χ2n) is 4.24. The topological polar surface area (TPSA) is 51.8 Å². The van der Waals surface area contributed by atoms with Crippen molar-refractivity contribution in [2.45, 2.75) is 38.5 Å². The van der Waals surface area contributed by atoms with E-state index in [1.165, 1.54) is 32.1 Å². The molecule has 0 atom stereocenters. The van der Waals surface area contributed by atoms with E-state index in [4.69, 9.17) is 17.3 Å². The third-order valence-corrected chi connectivity index (χ3v) is 3.15. The Morgan fingerprint density at radius 3 is 2.67 bits per heavy atom. The summed E-state index contributed by atoms with van der Waals surface area (Å²) in [4.78, 5) is 8.41. The van der Waals surface area contributed by atoms with Gasteiger partial charge in [0.1, 0.15) is 16.8 Å². The van der Waals surface area contributed by atoms with Crippen LogP contribution in [0.5, 0.6) is 0 Å². The van der Waals surface area contributed by atoms with Gasteiger partial charge in [0.2, 0.25) is 0 Å². The van der Waals surface area contributed by atoms with E-state index in [1.54, 1.807) is 6.07 Å². The predicted octanol–water partition coefficient (Wildman–Crippen LogP) is 2.84. The maximum Gasteiger partial charge on any atom is 0.134 e. The van der Waals surface area contributed by atoms with Crippen LogP contribution in [0.25, 0.3) is 0 Å². The molecule has 0 aromatic carbocycles. The number of nitrogen functional groups attached to an aromatic ring is 1. The van der Waals surface area contributed by atoms with Gasteiger partial charge in [0.15, 0.2) is 0 Å². The van der Waals surface area contributed by atoms with Gasteiger partial charge in [-0.15, -0.1) is 0 Å². The molecule has 0 spiro atoms. The van der Waals surface area contributed by atoms with Crippen LogP contribution in [-0.2, 0) is 6.42 Å². The van der Waals surface area contributed by atoms with Crippen molar-refractivity contribution in [2.75, 3.05) is 5.73 Å². The molecule has 3 nitrogen and oxygen atoms in total. The van der Waals surface area contributed by atoms with Crippen LogP contribution in [0.3, 0.4) is 0 Å². The summed E-state index contributed by atoms with van der Waals surface area (Å²) >= 11 is 5.84. The van der Waals surface area contributed by atoms with Crippen molar-refractivity contribution in [2.24, 2.45) is 5.92 Å². The highest BCUT2D eigenvalue weighted by Crippen LogP contribution is 2.26. The van der Waals surface area contributed by atoms with Gasteiger partial charge >= 0.3 is 0 Å². The third kappa shape index (κ3) is 3.06. The van der Waals surface area contributed by atoms with Gasteiger partial charge in [0, 0.05) is 12.5 Å². The Bertz CT molecular complexity index is 314. The molecule has 1 fully saturated rings. The molecule has 2 rings (SSSR count). The van der Waals surface area contributed by atoms with Crippen LogP contribution < -0.4 is 5.73 Å². The van der Waals surface area contributed by atoms with Gasteiger partial charge in [-0.3, -0.25) is 0 Å². The van der Waals surface area contributed by atoms with Crippen LogP contribution >= 0.6 is 11.6 Å². The van der Waals surface area contributed by atoms with Crippen LogP contribution in [0.1, 0.15) is 37.9 Å². The fourth-order valence-electron chi connectivity index (χ4n) is 2.22. The molecule has 1 aromatic rings. The lowest BCUT2D eigenvalue weighted by Crippen LogP contribution is -2.12. The zero-order valence-corrected chi connectivity index (χ0v) is 9.50. The molecule has 4 heteroatoms. The van der Waals surface area contributed by atoms with Crippen molar-refractivity contribution in [3.05, 3.63) is 17.0 Å². The van der Waals surface area contributed by atoms with Crippen LogP contribution in [-0.4, -0.2) is 9.97 Å². The normalized spacial score (nSPS) is 17.9. The van der Waals surface area contributed by atoms with Crippen molar-refractivity contribution in [3.63, 3.8) is 0 Å². The Hall–Kier alpha value is -0.830. The molecular weight excluding hydrogens is 210 g/mol. The summed E-state index contributed by atoms with van der Waals surface area (Å²) in [6.07, 6.45) is 7.53. The lowest BCUT2D eigenvalue weighted by atomic mass is 9.87. The first kappa shape index (κ1) is 10.7. The summed E-state index contributed by atoms with van der Waals surface area (Å²) < 4.78 is 0. The highest BCUT2D eigenvalue weighted by molar-refractivity contribution is 6.29. The first-order valence-corrected chi connectivity index (χ1v) is 5.91. The summed E-state index contributed by atoms with van der Waals surface area (Å²) in [7, 11) is 0. The molecule has 0 aliphatic heterocycles. The Morgan fingerprint density at radius 2 is 2.00 bits per heavy atom. The number of nitrogens with two attached hydrogens (primary N) is 1. The molecule has 0 bridgehead atoms. The summed E-state index contributed by atoms with van der Waals surface area (Å²) in [6, 6.07) is 1.59. The zero-order valence-electron chi connectivity index (χ0n) is 8.75. The SMILES string of the molecule is Nc1cc(Cl)nc(CC2CCCCC2)n1. The number of hydrogen-bond acceptors (Lipinski definition) is 3. The minimum atomic E-state index is 0.452. The van der Waals surface area contributed by atoms with Crippen molar-refractivity contribution in [3.8, 4) is 0 Å². The number of nitrogens with zero attached hydrogens (tertiary/aromatic N) is 2. The Balaban J connectivity index is 2.02. The highest BCUT2D eigenvalue weighted by atomic mass is 35.5. The van der Waals surface area contributed by atoms with E-state index in [2.05, 4.69) is 9.97 Å². The van der Waals surface area contributed by atoms with Crippen LogP contribution in [0.2, 0.25) is 5.15 Å². The first-order chi connectivity index (χ1) is 7.24. The van der Waals surface area contributed by atoms with E-state index in [0.717, 1.165) is 18.2 Å². The molecule has 1 heterocycles. The van der Waals surface area contributed by atoms with Gasteiger partial charge < -0.3 is 5.73 Å². The molecule has 2 N–H and O–H groups in total. The van der Waals surface area contributed by atoms with E-state index in [9.17, 15) is 0 Å². The monoisotopic (exact) mass is 225 g/mol. The predicted molar refractivity (Wildman–Crippen MR) is 61.7 cm³/mol. The van der Waals surface area contributed by atoms with Gasteiger partial charge in [-0.25, -0.2) is 9.97 Å². The van der Waals surface area contributed by atoms with Gasteiger partial charge in [-0.2, -0.15) is 0 Å². The molecule has 1 aliphatic rings. The molecule has 0 saturated heterocycles. The van der Waals surface area contributed by atoms with E-state index >= 15 is 0 Å². The molecule has 15 heavy (non-hydrogen) atoms. The summed E-state index contributed by atoms with van der Waals surface area (Å²) in [5.74, 6) is 1.99. The quantitative estimate of drug-likeness (QED) is 0.788. The van der Waals surface area contributed by atoms with Crippen molar-refractivity contribution in [1.82, 2.24) is 9.97 Å². The largest absolute Gasteiger partial charge is 0.384 e. The Labute approximate surface area is 95.1 Å². The van der Waals surface area contributed by atoms with Gasteiger partial charge in [-0.05, 0) is 5.92 Å². The van der Waals surface area contributed by atoms with Crippen LogP contribution in [0.4, 0.5) is 5.82 Å². The summed E-state index contributed by atoms with van der Waals surface area (Å²) in [5, 5.41) is 0.452. The fourth-order valence-corrected chi connectivity index (χ4v) is 2.43. The van der Waals surface area contributed by atoms with Crippen molar-refractivity contribution >= 4 is 17.4 Å². The smallest absolute Gasteiger partial charge is 0.134 e. The molecule has 1 saturated carbocycles. The number of anilines is 1. The van der Waals surface area contributed by atoms with Crippen LogP contribution in [0, 0.1) is 5.92 Å². The Morgan fingerprint density at radius 1 is 1.27 bits per heavy atom. The third-order valence-electron chi connectivity index (χ3n) is 2.96. The molecule has 0 radical (unpaired) electrons. The van der Waals surface area contributed by atoms with Crippen molar-refractivity contribution in [1.29, 1.82) is 0 Å². The fraction of sp³-hybridized carbons (Fsp3) is 0.636. The van der Waals surface area contributed by atoms with Crippen LogP contribution in [0.15, 0.2) is 6.07 Å². The maximum atomic E-state index is 5.84. The van der Waals surface area contributed by atoms with E-state index in [0.29, 0.717) is 11.0 Å². The minimum absolute atomic E-state index is 0.452. The molecule has 1 aromatic heterocycles. The number of rotatable bonds is 2. The summed E-state index contributed by atoms with van der Waals surface area (Å²) in [5.41, 5.74) is 5.63. The molecule has 1 aliphatic carbocycles. The zero-order chi connectivity index (χ0) is 10.7.